The summed E-state index contributed by atoms with van der Waals surface area (Å²) in [6.07, 6.45) is 4.24. The zero-order chi connectivity index (χ0) is 17.1. The number of rotatable bonds is 2. The summed E-state index contributed by atoms with van der Waals surface area (Å²) < 4.78 is 16.0. The molecule has 0 N–H and O–H groups in total. The molecular formula is C18H20FN3O2. The fourth-order valence-corrected chi connectivity index (χ4v) is 2.96. The predicted octanol–water partition coefficient (Wildman–Crippen LogP) is 2.31. The topological polar surface area (TPSA) is 45.6 Å². The molecular weight excluding hydrogens is 309 g/mol. The van der Waals surface area contributed by atoms with E-state index >= 15 is 0 Å². The Bertz CT molecular complexity index is 743. The predicted molar refractivity (Wildman–Crippen MR) is 88.5 cm³/mol. The Balaban J connectivity index is 1.75. The second kappa shape index (κ2) is 6.86. The van der Waals surface area contributed by atoms with Crippen LogP contribution in [0.1, 0.15) is 23.7 Å². The van der Waals surface area contributed by atoms with Crippen molar-refractivity contribution in [1.29, 1.82) is 0 Å². The highest BCUT2D eigenvalue weighted by Gasteiger charge is 2.22. The van der Waals surface area contributed by atoms with Gasteiger partial charge in [0.1, 0.15) is 5.82 Å². The number of hydrogen-bond acceptors (Lipinski definition) is 2. The minimum Gasteiger partial charge on any atom is -0.341 e. The van der Waals surface area contributed by atoms with Crippen LogP contribution in [0.5, 0.6) is 0 Å². The standard InChI is InChI=1S/C18H20FN3O2/c1-14(23)20-9-4-10-22(12-11-20)18(24)15-5-6-17(16(19)13-15)21-7-2-3-8-21/h2-3,5-8,13H,4,9-12H2,1H3. The Kier molecular flexibility index (Phi) is 4.64. The van der Waals surface area contributed by atoms with Crippen LogP contribution in [0.3, 0.4) is 0 Å². The van der Waals surface area contributed by atoms with Gasteiger partial charge in [0.05, 0.1) is 5.69 Å². The quantitative estimate of drug-likeness (QED) is 0.849. The minimum absolute atomic E-state index is 0.0198. The third-order valence-electron chi connectivity index (χ3n) is 4.31. The van der Waals surface area contributed by atoms with Gasteiger partial charge in [0.15, 0.2) is 0 Å². The Hall–Kier alpha value is -2.63. The molecule has 126 valence electrons. The summed E-state index contributed by atoms with van der Waals surface area (Å²) in [5, 5.41) is 0. The minimum atomic E-state index is -0.433. The Labute approximate surface area is 140 Å². The van der Waals surface area contributed by atoms with Crippen molar-refractivity contribution in [2.24, 2.45) is 0 Å². The van der Waals surface area contributed by atoms with Crippen LogP contribution in [0.25, 0.3) is 5.69 Å². The molecule has 24 heavy (non-hydrogen) atoms. The molecule has 0 spiro atoms. The third-order valence-corrected chi connectivity index (χ3v) is 4.31. The van der Waals surface area contributed by atoms with Crippen LogP contribution in [0, 0.1) is 5.82 Å². The molecule has 0 unspecified atom stereocenters. The van der Waals surface area contributed by atoms with Crippen LogP contribution in [-0.4, -0.2) is 52.4 Å². The average molecular weight is 329 g/mol. The van der Waals surface area contributed by atoms with E-state index in [1.807, 2.05) is 12.1 Å². The number of hydrogen-bond donors (Lipinski definition) is 0. The van der Waals surface area contributed by atoms with Crippen LogP contribution in [0.15, 0.2) is 42.7 Å². The molecule has 5 nitrogen and oxygen atoms in total. The lowest BCUT2D eigenvalue weighted by atomic mass is 10.1. The van der Waals surface area contributed by atoms with Gasteiger partial charge in [-0.15, -0.1) is 0 Å². The molecule has 1 aliphatic rings. The lowest BCUT2D eigenvalue weighted by molar-refractivity contribution is -0.128. The van der Waals surface area contributed by atoms with E-state index in [2.05, 4.69) is 0 Å². The number of aromatic nitrogens is 1. The number of halogens is 1. The van der Waals surface area contributed by atoms with Crippen LogP contribution >= 0.6 is 0 Å². The summed E-state index contributed by atoms with van der Waals surface area (Å²) >= 11 is 0. The molecule has 0 aliphatic carbocycles. The second-order valence-electron chi connectivity index (χ2n) is 5.91. The lowest BCUT2D eigenvalue weighted by Crippen LogP contribution is -2.36. The largest absolute Gasteiger partial charge is 0.341 e. The van der Waals surface area contributed by atoms with Gasteiger partial charge in [-0.25, -0.2) is 4.39 Å². The van der Waals surface area contributed by atoms with Crippen molar-refractivity contribution in [2.75, 3.05) is 26.2 Å². The average Bonchev–Trinajstić information content (AvgIpc) is 2.97. The molecule has 1 aromatic heterocycles. The van der Waals surface area contributed by atoms with Crippen LogP contribution < -0.4 is 0 Å². The number of benzene rings is 1. The summed E-state index contributed by atoms with van der Waals surface area (Å²) in [5.41, 5.74) is 0.745. The zero-order valence-electron chi connectivity index (χ0n) is 13.6. The summed E-state index contributed by atoms with van der Waals surface area (Å²) in [4.78, 5) is 27.5. The lowest BCUT2D eigenvalue weighted by Gasteiger charge is -2.21. The fraction of sp³-hybridized carbons (Fsp3) is 0.333. The number of amides is 2. The first-order chi connectivity index (χ1) is 11.6. The fourth-order valence-electron chi connectivity index (χ4n) is 2.96. The van der Waals surface area contributed by atoms with E-state index in [1.54, 1.807) is 38.9 Å². The van der Waals surface area contributed by atoms with Gasteiger partial charge < -0.3 is 14.4 Å². The third kappa shape index (κ3) is 3.32. The molecule has 6 heteroatoms. The summed E-state index contributed by atoms with van der Waals surface area (Å²) in [5.74, 6) is -0.609. The maximum Gasteiger partial charge on any atom is 0.254 e. The monoisotopic (exact) mass is 329 g/mol. The first-order valence-electron chi connectivity index (χ1n) is 8.04. The molecule has 2 aromatic rings. The summed E-state index contributed by atoms with van der Waals surface area (Å²) in [6.45, 7) is 3.75. The molecule has 1 saturated heterocycles. The Morgan fingerprint density at radius 2 is 1.67 bits per heavy atom. The van der Waals surface area contributed by atoms with E-state index in [1.165, 1.54) is 13.0 Å². The molecule has 0 radical (unpaired) electrons. The Morgan fingerprint density at radius 1 is 1.00 bits per heavy atom. The van der Waals surface area contributed by atoms with Gasteiger partial charge in [-0.1, -0.05) is 0 Å². The van der Waals surface area contributed by atoms with E-state index in [4.69, 9.17) is 0 Å². The van der Waals surface area contributed by atoms with Crippen molar-refractivity contribution in [3.05, 3.63) is 54.1 Å². The van der Waals surface area contributed by atoms with Gasteiger partial charge >= 0.3 is 0 Å². The van der Waals surface area contributed by atoms with Gasteiger partial charge in [0, 0.05) is 51.1 Å². The highest BCUT2D eigenvalue weighted by Crippen LogP contribution is 2.17. The smallest absolute Gasteiger partial charge is 0.254 e. The maximum absolute atomic E-state index is 14.3. The number of carbonyl (C=O) groups is 2. The van der Waals surface area contributed by atoms with Crippen molar-refractivity contribution in [2.45, 2.75) is 13.3 Å². The number of carbonyl (C=O) groups excluding carboxylic acids is 2. The first kappa shape index (κ1) is 16.2. The van der Waals surface area contributed by atoms with Gasteiger partial charge in [-0.2, -0.15) is 0 Å². The van der Waals surface area contributed by atoms with Crippen molar-refractivity contribution < 1.29 is 14.0 Å². The molecule has 0 bridgehead atoms. The van der Waals surface area contributed by atoms with E-state index < -0.39 is 5.82 Å². The SMILES string of the molecule is CC(=O)N1CCCN(C(=O)c2ccc(-n3cccc3)c(F)c2)CC1. The molecule has 0 atom stereocenters. The van der Waals surface area contributed by atoms with Crippen molar-refractivity contribution in [3.63, 3.8) is 0 Å². The zero-order valence-corrected chi connectivity index (χ0v) is 13.6. The van der Waals surface area contributed by atoms with Gasteiger partial charge in [-0.3, -0.25) is 9.59 Å². The molecule has 2 heterocycles. The highest BCUT2D eigenvalue weighted by atomic mass is 19.1. The molecule has 0 saturated carbocycles. The summed E-state index contributed by atoms with van der Waals surface area (Å²) in [7, 11) is 0. The van der Waals surface area contributed by atoms with E-state index in [-0.39, 0.29) is 11.8 Å². The first-order valence-corrected chi connectivity index (χ1v) is 8.04. The highest BCUT2D eigenvalue weighted by molar-refractivity contribution is 5.94. The van der Waals surface area contributed by atoms with Crippen LogP contribution in [-0.2, 0) is 4.79 Å². The van der Waals surface area contributed by atoms with Gasteiger partial charge in [-0.05, 0) is 36.8 Å². The van der Waals surface area contributed by atoms with Crippen molar-refractivity contribution >= 4 is 11.8 Å². The van der Waals surface area contributed by atoms with Crippen LogP contribution in [0.2, 0.25) is 0 Å². The summed E-state index contributed by atoms with van der Waals surface area (Å²) in [6, 6.07) is 8.18. The molecule has 2 amide bonds. The van der Waals surface area contributed by atoms with E-state index in [0.717, 1.165) is 6.42 Å². The van der Waals surface area contributed by atoms with Crippen LogP contribution in [0.4, 0.5) is 4.39 Å². The second-order valence-corrected chi connectivity index (χ2v) is 5.91. The molecule has 1 fully saturated rings. The molecule has 1 aliphatic heterocycles. The maximum atomic E-state index is 14.3. The van der Waals surface area contributed by atoms with E-state index in [0.29, 0.717) is 37.4 Å². The number of nitrogens with zero attached hydrogens (tertiary/aromatic N) is 3. The van der Waals surface area contributed by atoms with Gasteiger partial charge in [0.25, 0.3) is 5.91 Å². The van der Waals surface area contributed by atoms with Crippen molar-refractivity contribution in [1.82, 2.24) is 14.4 Å². The Morgan fingerprint density at radius 3 is 2.33 bits per heavy atom. The van der Waals surface area contributed by atoms with E-state index in [9.17, 15) is 14.0 Å². The van der Waals surface area contributed by atoms with Gasteiger partial charge in [0.2, 0.25) is 5.91 Å². The van der Waals surface area contributed by atoms with Crippen molar-refractivity contribution in [3.8, 4) is 5.69 Å². The molecule has 3 rings (SSSR count). The normalized spacial score (nSPS) is 15.2. The molecule has 1 aromatic carbocycles.